The molecule has 0 saturated carbocycles. The molecule has 31 heavy (non-hydrogen) atoms. The Morgan fingerprint density at radius 2 is 1.97 bits per heavy atom. The Balaban J connectivity index is 1.52. The van der Waals surface area contributed by atoms with E-state index in [9.17, 15) is 4.79 Å². The smallest absolute Gasteiger partial charge is 0.262 e. The second-order valence-corrected chi connectivity index (χ2v) is 8.36. The van der Waals surface area contributed by atoms with Crippen molar-refractivity contribution in [1.29, 1.82) is 0 Å². The molecule has 2 aromatic heterocycles. The van der Waals surface area contributed by atoms with Gasteiger partial charge in [-0.25, -0.2) is 9.67 Å². The lowest BCUT2D eigenvalue weighted by Crippen LogP contribution is -2.13. The minimum absolute atomic E-state index is 0.289. The summed E-state index contributed by atoms with van der Waals surface area (Å²) in [6.45, 7) is 2.24. The first-order chi connectivity index (χ1) is 15.0. The second-order valence-electron chi connectivity index (χ2n) is 6.74. The molecule has 0 bridgehead atoms. The summed E-state index contributed by atoms with van der Waals surface area (Å²) >= 11 is 14.0. The number of aromatic nitrogens is 3. The Kier molecular flexibility index (Phi) is 6.27. The average molecular weight is 473 g/mol. The van der Waals surface area contributed by atoms with Gasteiger partial charge in [-0.1, -0.05) is 53.5 Å². The predicted molar refractivity (Wildman–Crippen MR) is 125 cm³/mol. The number of nitrogens with zero attached hydrogens (tertiary/aromatic N) is 3. The molecule has 0 unspecified atom stereocenters. The van der Waals surface area contributed by atoms with E-state index in [4.69, 9.17) is 27.9 Å². The third-order valence-corrected chi connectivity index (χ3v) is 6.08. The van der Waals surface area contributed by atoms with Crippen LogP contribution in [0.5, 0.6) is 5.75 Å². The number of anilines is 1. The molecule has 1 amide bonds. The molecule has 0 saturated heterocycles. The lowest BCUT2D eigenvalue weighted by atomic mass is 10.2. The van der Waals surface area contributed by atoms with Crippen LogP contribution in [0.3, 0.4) is 0 Å². The number of amides is 1. The predicted octanol–water partition coefficient (Wildman–Crippen LogP) is 5.93. The van der Waals surface area contributed by atoms with Gasteiger partial charge in [0.1, 0.15) is 10.9 Å². The van der Waals surface area contributed by atoms with Crippen LogP contribution in [0, 0.1) is 6.92 Å². The Labute approximate surface area is 193 Å². The molecule has 2 aromatic carbocycles. The molecule has 4 aromatic rings. The molecular formula is C22H18Cl2N4O2S. The van der Waals surface area contributed by atoms with Crippen molar-refractivity contribution in [2.45, 2.75) is 13.5 Å². The molecule has 0 fully saturated rings. The summed E-state index contributed by atoms with van der Waals surface area (Å²) in [5.41, 5.74) is 3.46. The largest absolute Gasteiger partial charge is 0.495 e. The number of methoxy groups -OCH3 is 1. The van der Waals surface area contributed by atoms with E-state index in [0.29, 0.717) is 39.4 Å². The zero-order valence-electron chi connectivity index (χ0n) is 16.7. The quantitative estimate of drug-likeness (QED) is 0.377. The summed E-state index contributed by atoms with van der Waals surface area (Å²) in [4.78, 5) is 17.4. The van der Waals surface area contributed by atoms with Crippen molar-refractivity contribution in [1.82, 2.24) is 14.8 Å². The summed E-state index contributed by atoms with van der Waals surface area (Å²) in [6.07, 6.45) is 0. The van der Waals surface area contributed by atoms with E-state index >= 15 is 0 Å². The topological polar surface area (TPSA) is 69.0 Å². The molecule has 0 radical (unpaired) electrons. The maximum absolute atomic E-state index is 12.9. The van der Waals surface area contributed by atoms with E-state index in [1.807, 2.05) is 41.8 Å². The average Bonchev–Trinajstić information content (AvgIpc) is 3.32. The van der Waals surface area contributed by atoms with Crippen LogP contribution >= 0.6 is 34.5 Å². The zero-order chi connectivity index (χ0) is 22.0. The van der Waals surface area contributed by atoms with Crippen LogP contribution in [-0.2, 0) is 6.54 Å². The summed E-state index contributed by atoms with van der Waals surface area (Å²) in [7, 11) is 1.56. The number of ether oxygens (including phenoxy) is 1. The zero-order valence-corrected chi connectivity index (χ0v) is 19.1. The minimum Gasteiger partial charge on any atom is -0.495 e. The van der Waals surface area contributed by atoms with E-state index in [0.717, 1.165) is 11.1 Å². The van der Waals surface area contributed by atoms with Gasteiger partial charge in [-0.3, -0.25) is 10.1 Å². The SMILES string of the molecule is COc1ccc(-c2csc(NC(=O)c3c(C)nn(Cc4ccccc4)c3Cl)n2)cc1Cl. The van der Waals surface area contributed by atoms with Gasteiger partial charge in [-0.15, -0.1) is 11.3 Å². The van der Waals surface area contributed by atoms with Crippen molar-refractivity contribution in [3.8, 4) is 17.0 Å². The Hall–Kier alpha value is -2.87. The molecule has 0 aliphatic carbocycles. The number of benzene rings is 2. The minimum atomic E-state index is -0.351. The molecule has 0 aliphatic rings. The van der Waals surface area contributed by atoms with Gasteiger partial charge in [0.2, 0.25) is 0 Å². The summed E-state index contributed by atoms with van der Waals surface area (Å²) in [5, 5.41) is 10.3. The van der Waals surface area contributed by atoms with Crippen molar-refractivity contribution in [3.63, 3.8) is 0 Å². The Morgan fingerprint density at radius 3 is 2.68 bits per heavy atom. The number of rotatable bonds is 6. The van der Waals surface area contributed by atoms with Crippen LogP contribution in [-0.4, -0.2) is 27.8 Å². The summed E-state index contributed by atoms with van der Waals surface area (Å²) < 4.78 is 6.80. The third-order valence-electron chi connectivity index (χ3n) is 4.64. The van der Waals surface area contributed by atoms with E-state index in [2.05, 4.69) is 15.4 Å². The highest BCUT2D eigenvalue weighted by Gasteiger charge is 2.21. The number of thiazole rings is 1. The van der Waals surface area contributed by atoms with Crippen molar-refractivity contribution in [2.75, 3.05) is 12.4 Å². The first-order valence-corrected chi connectivity index (χ1v) is 11.0. The fourth-order valence-corrected chi connectivity index (χ4v) is 4.41. The summed E-state index contributed by atoms with van der Waals surface area (Å²) in [6, 6.07) is 15.2. The highest BCUT2D eigenvalue weighted by atomic mass is 35.5. The van der Waals surface area contributed by atoms with Crippen LogP contribution < -0.4 is 10.1 Å². The molecule has 2 heterocycles. The van der Waals surface area contributed by atoms with Crippen LogP contribution in [0.4, 0.5) is 5.13 Å². The Morgan fingerprint density at radius 1 is 1.19 bits per heavy atom. The number of aryl methyl sites for hydroxylation is 1. The van der Waals surface area contributed by atoms with Gasteiger partial charge in [-0.05, 0) is 30.7 Å². The number of carbonyl (C=O) groups excluding carboxylic acids is 1. The molecule has 0 spiro atoms. The van der Waals surface area contributed by atoms with Crippen molar-refractivity contribution < 1.29 is 9.53 Å². The van der Waals surface area contributed by atoms with Gasteiger partial charge in [0, 0.05) is 10.9 Å². The number of halogens is 2. The van der Waals surface area contributed by atoms with Crippen LogP contribution in [0.1, 0.15) is 21.6 Å². The number of hydrogen-bond donors (Lipinski definition) is 1. The lowest BCUT2D eigenvalue weighted by Gasteiger charge is -2.05. The molecule has 158 valence electrons. The maximum atomic E-state index is 12.9. The van der Waals surface area contributed by atoms with Gasteiger partial charge in [0.25, 0.3) is 5.91 Å². The van der Waals surface area contributed by atoms with Gasteiger partial charge >= 0.3 is 0 Å². The first kappa shape index (κ1) is 21.4. The standard InChI is InChI=1S/C22H18Cl2N4O2S/c1-13-19(20(24)28(27-13)11-14-6-4-3-5-7-14)21(29)26-22-25-17(12-31-22)15-8-9-18(30-2)16(23)10-15/h3-10,12H,11H2,1-2H3,(H,25,26,29). The van der Waals surface area contributed by atoms with E-state index in [1.165, 1.54) is 11.3 Å². The Bertz CT molecular complexity index is 1240. The van der Waals surface area contributed by atoms with Crippen LogP contribution in [0.2, 0.25) is 10.2 Å². The van der Waals surface area contributed by atoms with Gasteiger partial charge < -0.3 is 4.74 Å². The van der Waals surface area contributed by atoms with Gasteiger partial charge in [0.15, 0.2) is 5.13 Å². The highest BCUT2D eigenvalue weighted by molar-refractivity contribution is 7.14. The third kappa shape index (κ3) is 4.58. The molecule has 9 heteroatoms. The molecule has 1 N–H and O–H groups in total. The fourth-order valence-electron chi connectivity index (χ4n) is 3.12. The van der Waals surface area contributed by atoms with Crippen molar-refractivity contribution >= 4 is 45.6 Å². The lowest BCUT2D eigenvalue weighted by molar-refractivity contribution is 0.102. The number of hydrogen-bond acceptors (Lipinski definition) is 5. The van der Waals surface area contributed by atoms with Crippen LogP contribution in [0.15, 0.2) is 53.9 Å². The van der Waals surface area contributed by atoms with Crippen molar-refractivity contribution in [3.05, 3.63) is 80.9 Å². The van der Waals surface area contributed by atoms with Crippen LogP contribution in [0.25, 0.3) is 11.3 Å². The highest BCUT2D eigenvalue weighted by Crippen LogP contribution is 2.32. The first-order valence-electron chi connectivity index (χ1n) is 9.34. The molecule has 6 nitrogen and oxygen atoms in total. The van der Waals surface area contributed by atoms with Crippen molar-refractivity contribution in [2.24, 2.45) is 0 Å². The second kappa shape index (κ2) is 9.09. The number of carbonyl (C=O) groups is 1. The molecule has 0 atom stereocenters. The molecule has 4 rings (SSSR count). The number of nitrogens with one attached hydrogen (secondary N) is 1. The van der Waals surface area contributed by atoms with Gasteiger partial charge in [0.05, 0.1) is 35.6 Å². The molecular weight excluding hydrogens is 455 g/mol. The fraction of sp³-hybridized carbons (Fsp3) is 0.136. The van der Waals surface area contributed by atoms with Gasteiger partial charge in [-0.2, -0.15) is 5.10 Å². The summed E-state index contributed by atoms with van der Waals surface area (Å²) in [5.74, 6) is 0.238. The van der Waals surface area contributed by atoms with E-state index in [-0.39, 0.29) is 11.1 Å². The normalized spacial score (nSPS) is 10.8. The van der Waals surface area contributed by atoms with E-state index in [1.54, 1.807) is 30.8 Å². The monoisotopic (exact) mass is 472 g/mol. The molecule has 0 aliphatic heterocycles. The van der Waals surface area contributed by atoms with E-state index < -0.39 is 0 Å². The maximum Gasteiger partial charge on any atom is 0.262 e.